The molecule has 1 aromatic rings. The zero-order chi connectivity index (χ0) is 12.7. The Morgan fingerprint density at radius 1 is 1.39 bits per heavy atom. The Bertz CT molecular complexity index is 495. The summed E-state index contributed by atoms with van der Waals surface area (Å²) in [5.41, 5.74) is 1.31. The summed E-state index contributed by atoms with van der Waals surface area (Å²) in [7, 11) is 0. The van der Waals surface area contributed by atoms with Crippen molar-refractivity contribution in [3.05, 3.63) is 34.2 Å². The molecule has 1 N–H and O–H groups in total. The van der Waals surface area contributed by atoms with Crippen molar-refractivity contribution < 1.29 is 5.11 Å². The van der Waals surface area contributed by atoms with Crippen molar-refractivity contribution in [2.45, 2.75) is 31.9 Å². The standard InChI is InChI=1S/C14H20N2O2/c1-10(17)6-15-7-11-5-12(9-15)13-3-2-4-14(18)16(13)8-11/h2-4,10-12,17H,5-9H2,1H3/t10-,11-,12+/m1/s1. The van der Waals surface area contributed by atoms with Crippen LogP contribution in [0.25, 0.3) is 0 Å². The molecule has 3 rings (SSSR count). The van der Waals surface area contributed by atoms with Gasteiger partial charge in [-0.2, -0.15) is 0 Å². The van der Waals surface area contributed by atoms with E-state index in [1.54, 1.807) is 6.07 Å². The van der Waals surface area contributed by atoms with Crippen LogP contribution in [0, 0.1) is 5.92 Å². The molecule has 3 atom stereocenters. The highest BCUT2D eigenvalue weighted by molar-refractivity contribution is 5.16. The minimum absolute atomic E-state index is 0.131. The largest absolute Gasteiger partial charge is 0.392 e. The Balaban J connectivity index is 1.88. The molecule has 18 heavy (non-hydrogen) atoms. The van der Waals surface area contributed by atoms with Crippen LogP contribution in [-0.4, -0.2) is 40.3 Å². The maximum Gasteiger partial charge on any atom is 0.250 e. The number of pyridine rings is 1. The molecule has 0 amide bonds. The average Bonchev–Trinajstić information content (AvgIpc) is 2.29. The van der Waals surface area contributed by atoms with Crippen LogP contribution in [0.4, 0.5) is 0 Å². The Hall–Kier alpha value is -1.13. The molecule has 1 saturated heterocycles. The normalized spacial score (nSPS) is 28.8. The molecule has 0 radical (unpaired) electrons. The fourth-order valence-electron chi connectivity index (χ4n) is 3.52. The number of rotatable bonds is 2. The lowest BCUT2D eigenvalue weighted by molar-refractivity contribution is 0.0700. The number of piperidine rings is 1. The fraction of sp³-hybridized carbons (Fsp3) is 0.643. The van der Waals surface area contributed by atoms with Gasteiger partial charge in [0.15, 0.2) is 0 Å². The molecular weight excluding hydrogens is 228 g/mol. The summed E-state index contributed by atoms with van der Waals surface area (Å²) >= 11 is 0. The second-order valence-corrected chi connectivity index (χ2v) is 5.77. The molecule has 0 aromatic carbocycles. The fourth-order valence-corrected chi connectivity index (χ4v) is 3.52. The lowest BCUT2D eigenvalue weighted by Crippen LogP contribution is -2.48. The molecule has 98 valence electrons. The maximum absolute atomic E-state index is 11.9. The van der Waals surface area contributed by atoms with E-state index in [4.69, 9.17) is 0 Å². The summed E-state index contributed by atoms with van der Waals surface area (Å²) in [6, 6.07) is 5.59. The first kappa shape index (κ1) is 11.9. The Labute approximate surface area is 107 Å². The summed E-state index contributed by atoms with van der Waals surface area (Å²) in [6.45, 7) is 5.38. The predicted molar refractivity (Wildman–Crippen MR) is 69.7 cm³/mol. The molecule has 0 spiro atoms. The second-order valence-electron chi connectivity index (χ2n) is 5.77. The van der Waals surface area contributed by atoms with Gasteiger partial charge in [0.25, 0.3) is 5.56 Å². The Morgan fingerprint density at radius 2 is 2.22 bits per heavy atom. The molecule has 0 unspecified atom stereocenters. The van der Waals surface area contributed by atoms with E-state index < -0.39 is 0 Å². The molecule has 2 aliphatic rings. The van der Waals surface area contributed by atoms with Crippen LogP contribution >= 0.6 is 0 Å². The van der Waals surface area contributed by atoms with Crippen molar-refractivity contribution in [2.75, 3.05) is 19.6 Å². The zero-order valence-electron chi connectivity index (χ0n) is 10.7. The smallest absolute Gasteiger partial charge is 0.250 e. The van der Waals surface area contributed by atoms with Gasteiger partial charge in [-0.15, -0.1) is 0 Å². The van der Waals surface area contributed by atoms with Gasteiger partial charge in [0, 0.05) is 43.9 Å². The number of hydrogen-bond acceptors (Lipinski definition) is 3. The number of likely N-dealkylation sites (tertiary alicyclic amines) is 1. The van der Waals surface area contributed by atoms with E-state index in [-0.39, 0.29) is 11.7 Å². The number of hydrogen-bond donors (Lipinski definition) is 1. The van der Waals surface area contributed by atoms with Crippen LogP contribution < -0.4 is 5.56 Å². The van der Waals surface area contributed by atoms with Crippen molar-refractivity contribution in [1.82, 2.24) is 9.47 Å². The van der Waals surface area contributed by atoms with Gasteiger partial charge in [-0.1, -0.05) is 6.07 Å². The predicted octanol–water partition coefficient (Wildman–Crippen LogP) is 0.648. The Kier molecular flexibility index (Phi) is 2.99. The Morgan fingerprint density at radius 3 is 3.00 bits per heavy atom. The highest BCUT2D eigenvalue weighted by Gasteiger charge is 2.34. The van der Waals surface area contributed by atoms with Gasteiger partial charge in [-0.05, 0) is 25.3 Å². The number of nitrogens with zero attached hydrogens (tertiary/aromatic N) is 2. The van der Waals surface area contributed by atoms with Crippen molar-refractivity contribution >= 4 is 0 Å². The highest BCUT2D eigenvalue weighted by atomic mass is 16.3. The molecule has 2 aliphatic heterocycles. The zero-order valence-corrected chi connectivity index (χ0v) is 10.7. The topological polar surface area (TPSA) is 45.5 Å². The summed E-state index contributed by atoms with van der Waals surface area (Å²) in [6.07, 6.45) is 0.904. The van der Waals surface area contributed by atoms with Crippen molar-refractivity contribution in [2.24, 2.45) is 5.92 Å². The van der Waals surface area contributed by atoms with Gasteiger partial charge >= 0.3 is 0 Å². The van der Waals surface area contributed by atoms with Gasteiger partial charge in [-0.3, -0.25) is 9.69 Å². The van der Waals surface area contributed by atoms with Gasteiger partial charge in [0.05, 0.1) is 6.10 Å². The molecule has 1 fully saturated rings. The number of β-amino-alcohol motifs (C(OH)–C–C–N with tert-alkyl or cyclic N) is 1. The monoisotopic (exact) mass is 248 g/mol. The molecular formula is C14H20N2O2. The van der Waals surface area contributed by atoms with Crippen molar-refractivity contribution in [3.8, 4) is 0 Å². The minimum atomic E-state index is -0.276. The molecule has 0 saturated carbocycles. The van der Waals surface area contributed by atoms with Crippen LogP contribution in [0.5, 0.6) is 0 Å². The SMILES string of the molecule is C[C@@H](O)CN1C[C@H]2C[C@@H](C1)c1cccc(=O)n1C2. The van der Waals surface area contributed by atoms with Crippen LogP contribution in [0.3, 0.4) is 0 Å². The third-order valence-electron chi connectivity index (χ3n) is 4.08. The van der Waals surface area contributed by atoms with E-state index in [1.807, 2.05) is 17.6 Å². The van der Waals surface area contributed by atoms with E-state index in [1.165, 1.54) is 12.1 Å². The first-order chi connectivity index (χ1) is 8.63. The summed E-state index contributed by atoms with van der Waals surface area (Å²) in [5.74, 6) is 1.00. The van der Waals surface area contributed by atoms with Gasteiger partial charge in [0.2, 0.25) is 0 Å². The maximum atomic E-state index is 11.9. The first-order valence-electron chi connectivity index (χ1n) is 6.73. The molecule has 2 bridgehead atoms. The molecule has 3 heterocycles. The number of fused-ring (bicyclic) bond motifs is 4. The minimum Gasteiger partial charge on any atom is -0.392 e. The quantitative estimate of drug-likeness (QED) is 0.836. The summed E-state index contributed by atoms with van der Waals surface area (Å²) < 4.78 is 1.94. The second kappa shape index (κ2) is 4.52. The summed E-state index contributed by atoms with van der Waals surface area (Å²) in [4.78, 5) is 14.2. The van der Waals surface area contributed by atoms with Gasteiger partial charge in [-0.25, -0.2) is 0 Å². The van der Waals surface area contributed by atoms with Gasteiger partial charge in [0.1, 0.15) is 0 Å². The van der Waals surface area contributed by atoms with Crippen LogP contribution in [0.1, 0.15) is 25.0 Å². The molecule has 0 aliphatic carbocycles. The number of aliphatic hydroxyl groups excluding tert-OH is 1. The van der Waals surface area contributed by atoms with Crippen LogP contribution in [-0.2, 0) is 6.54 Å². The van der Waals surface area contributed by atoms with Crippen molar-refractivity contribution in [1.29, 1.82) is 0 Å². The van der Waals surface area contributed by atoms with E-state index in [0.717, 1.165) is 26.2 Å². The number of aliphatic hydroxyl groups is 1. The summed E-state index contributed by atoms with van der Waals surface area (Å²) in [5, 5.41) is 9.51. The van der Waals surface area contributed by atoms with E-state index in [2.05, 4.69) is 11.0 Å². The van der Waals surface area contributed by atoms with Crippen LogP contribution in [0.15, 0.2) is 23.0 Å². The molecule has 4 heteroatoms. The molecule has 4 nitrogen and oxygen atoms in total. The van der Waals surface area contributed by atoms with Crippen LogP contribution in [0.2, 0.25) is 0 Å². The third kappa shape index (κ3) is 2.10. The van der Waals surface area contributed by atoms with E-state index >= 15 is 0 Å². The van der Waals surface area contributed by atoms with Crippen molar-refractivity contribution in [3.63, 3.8) is 0 Å². The lowest BCUT2D eigenvalue weighted by Gasteiger charge is -2.43. The molecule has 1 aromatic heterocycles. The van der Waals surface area contributed by atoms with Gasteiger partial charge < -0.3 is 9.67 Å². The third-order valence-corrected chi connectivity index (χ3v) is 4.08. The van der Waals surface area contributed by atoms with E-state index in [0.29, 0.717) is 11.8 Å². The lowest BCUT2D eigenvalue weighted by atomic mass is 9.83. The average molecular weight is 248 g/mol. The number of aromatic nitrogens is 1. The first-order valence-corrected chi connectivity index (χ1v) is 6.73. The highest BCUT2D eigenvalue weighted by Crippen LogP contribution is 2.34. The van der Waals surface area contributed by atoms with E-state index in [9.17, 15) is 9.90 Å².